The highest BCUT2D eigenvalue weighted by Crippen LogP contribution is 2.10. The largest absolute Gasteiger partial charge is 0.299 e. The van der Waals surface area contributed by atoms with E-state index in [1.54, 1.807) is 0 Å². The lowest BCUT2D eigenvalue weighted by Gasteiger charge is -2.04. The van der Waals surface area contributed by atoms with Crippen LogP contribution in [-0.4, -0.2) is 5.78 Å². The van der Waals surface area contributed by atoms with E-state index in [1.165, 1.54) is 11.1 Å². The third-order valence-electron chi connectivity index (χ3n) is 2.87. The van der Waals surface area contributed by atoms with Crippen LogP contribution in [0, 0.1) is 12.8 Å². The summed E-state index contributed by atoms with van der Waals surface area (Å²) in [4.78, 5) is 11.4. The Morgan fingerprint density at radius 2 is 2.00 bits per heavy atom. The zero-order valence-corrected chi connectivity index (χ0v) is 10.6. The highest BCUT2D eigenvalue weighted by Gasteiger charge is 2.05. The summed E-state index contributed by atoms with van der Waals surface area (Å²) in [6, 6.07) is 8.61. The second-order valence-corrected chi connectivity index (χ2v) is 4.82. The quantitative estimate of drug-likeness (QED) is 0.661. The molecule has 1 rings (SSSR count). The number of unbranched alkanes of at least 4 members (excludes halogenated alkanes) is 1. The van der Waals surface area contributed by atoms with E-state index in [0.29, 0.717) is 5.78 Å². The molecule has 0 aliphatic heterocycles. The summed E-state index contributed by atoms with van der Waals surface area (Å²) in [5, 5.41) is 0. The smallest absolute Gasteiger partial charge is 0.135 e. The molecule has 0 saturated carbocycles. The fourth-order valence-electron chi connectivity index (χ4n) is 1.78. The number of benzene rings is 1. The molecule has 0 unspecified atom stereocenters. The number of hydrogen-bond donors (Lipinski definition) is 0. The molecule has 1 heteroatoms. The summed E-state index contributed by atoms with van der Waals surface area (Å²) in [5.74, 6) is 0.586. The van der Waals surface area contributed by atoms with Gasteiger partial charge in [-0.05, 0) is 31.7 Å². The average molecular weight is 218 g/mol. The third-order valence-corrected chi connectivity index (χ3v) is 2.87. The van der Waals surface area contributed by atoms with Crippen molar-refractivity contribution in [2.45, 2.75) is 46.5 Å². The third kappa shape index (κ3) is 4.61. The molecule has 0 bridgehead atoms. The minimum Gasteiger partial charge on any atom is -0.299 e. The van der Waals surface area contributed by atoms with Crippen LogP contribution >= 0.6 is 0 Å². The van der Waals surface area contributed by atoms with Gasteiger partial charge in [-0.25, -0.2) is 0 Å². The Morgan fingerprint density at radius 1 is 1.25 bits per heavy atom. The molecule has 0 aromatic heterocycles. The van der Waals surface area contributed by atoms with Gasteiger partial charge in [-0.1, -0.05) is 43.7 Å². The lowest BCUT2D eigenvalue weighted by molar-refractivity contribution is -0.122. The SMILES string of the molecule is Cc1cccc(CCCCC(=O)C(C)C)c1. The number of carbonyl (C=O) groups is 1. The van der Waals surface area contributed by atoms with Crippen LogP contribution in [0.15, 0.2) is 24.3 Å². The highest BCUT2D eigenvalue weighted by molar-refractivity contribution is 5.80. The van der Waals surface area contributed by atoms with Crippen LogP contribution in [0.2, 0.25) is 0 Å². The molecule has 0 N–H and O–H groups in total. The minimum absolute atomic E-state index is 0.193. The van der Waals surface area contributed by atoms with Crippen molar-refractivity contribution in [1.82, 2.24) is 0 Å². The van der Waals surface area contributed by atoms with Crippen molar-refractivity contribution in [3.05, 3.63) is 35.4 Å². The first kappa shape index (κ1) is 13.0. The zero-order chi connectivity index (χ0) is 12.0. The molecule has 1 aromatic carbocycles. The minimum atomic E-state index is 0.193. The van der Waals surface area contributed by atoms with E-state index in [-0.39, 0.29) is 5.92 Å². The fourth-order valence-corrected chi connectivity index (χ4v) is 1.78. The van der Waals surface area contributed by atoms with Gasteiger partial charge in [0, 0.05) is 12.3 Å². The molecular weight excluding hydrogens is 196 g/mol. The first-order valence-corrected chi connectivity index (χ1v) is 6.18. The van der Waals surface area contributed by atoms with Crippen LogP contribution in [0.1, 0.15) is 44.2 Å². The Hall–Kier alpha value is -1.11. The predicted octanol–water partition coefficient (Wildman–Crippen LogP) is 3.93. The summed E-state index contributed by atoms with van der Waals surface area (Å²) in [7, 11) is 0. The van der Waals surface area contributed by atoms with E-state index in [2.05, 4.69) is 31.2 Å². The molecule has 0 aliphatic carbocycles. The van der Waals surface area contributed by atoms with E-state index in [1.807, 2.05) is 13.8 Å². The second-order valence-electron chi connectivity index (χ2n) is 4.82. The fraction of sp³-hybridized carbons (Fsp3) is 0.533. The number of carbonyl (C=O) groups excluding carboxylic acids is 1. The van der Waals surface area contributed by atoms with Crippen molar-refractivity contribution in [2.24, 2.45) is 5.92 Å². The highest BCUT2D eigenvalue weighted by atomic mass is 16.1. The summed E-state index contributed by atoms with van der Waals surface area (Å²) < 4.78 is 0. The number of Topliss-reactive ketones (excluding diaryl/α,β-unsaturated/α-hetero) is 1. The van der Waals surface area contributed by atoms with Crippen LogP contribution < -0.4 is 0 Å². The average Bonchev–Trinajstić information content (AvgIpc) is 2.24. The van der Waals surface area contributed by atoms with Gasteiger partial charge in [-0.3, -0.25) is 4.79 Å². The normalized spacial score (nSPS) is 10.8. The van der Waals surface area contributed by atoms with Gasteiger partial charge in [0.05, 0.1) is 0 Å². The molecule has 0 fully saturated rings. The standard InChI is InChI=1S/C15H22O/c1-12(2)15(16)10-5-4-8-14-9-6-7-13(3)11-14/h6-7,9,11-12H,4-5,8,10H2,1-3H3. The molecule has 0 aliphatic rings. The summed E-state index contributed by atoms with van der Waals surface area (Å²) in [6.45, 7) is 6.07. The molecule has 1 nitrogen and oxygen atoms in total. The van der Waals surface area contributed by atoms with Crippen LogP contribution in [0.4, 0.5) is 0 Å². The molecule has 0 spiro atoms. The van der Waals surface area contributed by atoms with Gasteiger partial charge in [-0.2, -0.15) is 0 Å². The molecule has 0 atom stereocenters. The van der Waals surface area contributed by atoms with Crippen molar-refractivity contribution in [2.75, 3.05) is 0 Å². The maximum atomic E-state index is 11.4. The van der Waals surface area contributed by atoms with Crippen molar-refractivity contribution in [1.29, 1.82) is 0 Å². The van der Waals surface area contributed by atoms with Crippen molar-refractivity contribution in [3.63, 3.8) is 0 Å². The molecular formula is C15H22O. The Morgan fingerprint density at radius 3 is 2.62 bits per heavy atom. The van der Waals surface area contributed by atoms with E-state index in [4.69, 9.17) is 0 Å². The van der Waals surface area contributed by atoms with Crippen molar-refractivity contribution < 1.29 is 4.79 Å². The second kappa shape index (κ2) is 6.47. The zero-order valence-electron chi connectivity index (χ0n) is 10.6. The van der Waals surface area contributed by atoms with E-state index >= 15 is 0 Å². The van der Waals surface area contributed by atoms with Gasteiger partial charge in [0.15, 0.2) is 0 Å². The molecule has 0 saturated heterocycles. The van der Waals surface area contributed by atoms with E-state index in [9.17, 15) is 4.79 Å². The van der Waals surface area contributed by atoms with Gasteiger partial charge in [0.25, 0.3) is 0 Å². The van der Waals surface area contributed by atoms with Crippen molar-refractivity contribution >= 4 is 5.78 Å². The lowest BCUT2D eigenvalue weighted by atomic mass is 10.0. The summed E-state index contributed by atoms with van der Waals surface area (Å²) in [6.07, 6.45) is 3.96. The molecule has 16 heavy (non-hydrogen) atoms. The maximum Gasteiger partial charge on any atom is 0.135 e. The molecule has 0 heterocycles. The van der Waals surface area contributed by atoms with Crippen LogP contribution in [0.3, 0.4) is 0 Å². The molecule has 1 aromatic rings. The van der Waals surface area contributed by atoms with Gasteiger partial charge in [0.2, 0.25) is 0 Å². The molecule has 88 valence electrons. The van der Waals surface area contributed by atoms with Gasteiger partial charge in [-0.15, -0.1) is 0 Å². The van der Waals surface area contributed by atoms with Crippen LogP contribution in [0.25, 0.3) is 0 Å². The van der Waals surface area contributed by atoms with Gasteiger partial charge >= 0.3 is 0 Å². The number of hydrogen-bond acceptors (Lipinski definition) is 1. The van der Waals surface area contributed by atoms with Crippen LogP contribution in [-0.2, 0) is 11.2 Å². The van der Waals surface area contributed by atoms with Gasteiger partial charge in [0.1, 0.15) is 5.78 Å². The first-order valence-electron chi connectivity index (χ1n) is 6.18. The van der Waals surface area contributed by atoms with Crippen molar-refractivity contribution in [3.8, 4) is 0 Å². The number of rotatable bonds is 6. The Balaban J connectivity index is 2.23. The predicted molar refractivity (Wildman–Crippen MR) is 68.6 cm³/mol. The summed E-state index contributed by atoms with van der Waals surface area (Å²) in [5.41, 5.74) is 2.70. The Labute approximate surface area is 98.9 Å². The number of ketones is 1. The topological polar surface area (TPSA) is 17.1 Å². The molecule has 0 amide bonds. The van der Waals surface area contributed by atoms with Crippen LogP contribution in [0.5, 0.6) is 0 Å². The molecule has 0 radical (unpaired) electrons. The van der Waals surface area contributed by atoms with E-state index in [0.717, 1.165) is 25.7 Å². The van der Waals surface area contributed by atoms with Gasteiger partial charge < -0.3 is 0 Å². The lowest BCUT2D eigenvalue weighted by Crippen LogP contribution is -2.06. The first-order chi connectivity index (χ1) is 7.59. The Kier molecular flexibility index (Phi) is 5.24. The Bertz CT molecular complexity index is 339. The monoisotopic (exact) mass is 218 g/mol. The van der Waals surface area contributed by atoms with E-state index < -0.39 is 0 Å². The number of aryl methyl sites for hydroxylation is 2. The maximum absolute atomic E-state index is 11.4. The summed E-state index contributed by atoms with van der Waals surface area (Å²) >= 11 is 0.